The minimum Gasteiger partial charge on any atom is -0.494 e. The summed E-state index contributed by atoms with van der Waals surface area (Å²) in [4.78, 5) is 18.8. The number of benzene rings is 2. The third-order valence-corrected chi connectivity index (χ3v) is 4.95. The number of aryl methyl sites for hydroxylation is 1. The number of rotatable bonds is 6. The van der Waals surface area contributed by atoms with Gasteiger partial charge in [-0.05, 0) is 50.1 Å². The van der Waals surface area contributed by atoms with Crippen LogP contribution in [0.15, 0.2) is 53.1 Å². The van der Waals surface area contributed by atoms with Gasteiger partial charge in [-0.25, -0.2) is 0 Å². The first kappa shape index (κ1) is 18.2. The number of likely N-dealkylation sites (tertiary alicyclic amines) is 1. The largest absolute Gasteiger partial charge is 0.494 e. The second-order valence-electron chi connectivity index (χ2n) is 6.98. The average molecular weight is 377 g/mol. The fourth-order valence-electron chi connectivity index (χ4n) is 3.43. The van der Waals surface area contributed by atoms with Gasteiger partial charge in [0.1, 0.15) is 11.8 Å². The van der Waals surface area contributed by atoms with Crippen LogP contribution in [0.25, 0.3) is 11.4 Å². The predicted molar refractivity (Wildman–Crippen MR) is 105 cm³/mol. The van der Waals surface area contributed by atoms with Crippen molar-refractivity contribution in [2.24, 2.45) is 0 Å². The van der Waals surface area contributed by atoms with Crippen molar-refractivity contribution in [3.05, 3.63) is 65.5 Å². The molecular formula is C22H23N3O3. The van der Waals surface area contributed by atoms with Crippen LogP contribution in [0.5, 0.6) is 5.75 Å². The third-order valence-electron chi connectivity index (χ3n) is 4.95. The van der Waals surface area contributed by atoms with Crippen LogP contribution in [0, 0.1) is 6.92 Å². The monoisotopic (exact) mass is 377 g/mol. The first-order valence-corrected chi connectivity index (χ1v) is 9.56. The van der Waals surface area contributed by atoms with E-state index >= 15 is 0 Å². The summed E-state index contributed by atoms with van der Waals surface area (Å²) in [5.74, 6) is 1.93. The fourth-order valence-corrected chi connectivity index (χ4v) is 3.43. The summed E-state index contributed by atoms with van der Waals surface area (Å²) >= 11 is 0. The Bertz CT molecular complexity index is 948. The van der Waals surface area contributed by atoms with Gasteiger partial charge in [-0.1, -0.05) is 35.0 Å². The second-order valence-corrected chi connectivity index (χ2v) is 6.98. The summed E-state index contributed by atoms with van der Waals surface area (Å²) in [6.07, 6.45) is 1.19. The molecule has 1 fully saturated rings. The SMILES string of the molecule is CCOc1ccc(-c2noc(C3CCC(=O)N3Cc3ccc(C)cc3)n2)cc1. The summed E-state index contributed by atoms with van der Waals surface area (Å²) in [6.45, 7) is 5.17. The highest BCUT2D eigenvalue weighted by atomic mass is 16.5. The Kier molecular flexibility index (Phi) is 5.10. The number of hydrogen-bond acceptors (Lipinski definition) is 5. The van der Waals surface area contributed by atoms with E-state index in [0.29, 0.717) is 37.7 Å². The van der Waals surface area contributed by atoms with Crippen molar-refractivity contribution in [2.45, 2.75) is 39.3 Å². The first-order valence-electron chi connectivity index (χ1n) is 9.56. The second kappa shape index (κ2) is 7.84. The molecule has 6 heteroatoms. The summed E-state index contributed by atoms with van der Waals surface area (Å²) < 4.78 is 11.0. The molecule has 2 heterocycles. The van der Waals surface area contributed by atoms with Gasteiger partial charge < -0.3 is 14.2 Å². The summed E-state index contributed by atoms with van der Waals surface area (Å²) in [7, 11) is 0. The molecule has 6 nitrogen and oxygen atoms in total. The number of ether oxygens (including phenoxy) is 1. The van der Waals surface area contributed by atoms with Crippen molar-refractivity contribution in [3.8, 4) is 17.1 Å². The number of carbonyl (C=O) groups is 1. The molecular weight excluding hydrogens is 354 g/mol. The molecule has 4 rings (SSSR count). The molecule has 1 aromatic heterocycles. The zero-order valence-corrected chi connectivity index (χ0v) is 16.1. The van der Waals surface area contributed by atoms with Crippen LogP contribution >= 0.6 is 0 Å². The molecule has 3 aromatic rings. The zero-order valence-electron chi connectivity index (χ0n) is 16.1. The Morgan fingerprint density at radius 1 is 1.14 bits per heavy atom. The van der Waals surface area contributed by atoms with E-state index in [-0.39, 0.29) is 11.9 Å². The van der Waals surface area contributed by atoms with Crippen LogP contribution in [0.4, 0.5) is 0 Å². The smallest absolute Gasteiger partial charge is 0.249 e. The van der Waals surface area contributed by atoms with Crippen LogP contribution in [0.3, 0.4) is 0 Å². The topological polar surface area (TPSA) is 68.5 Å². The van der Waals surface area contributed by atoms with Crippen molar-refractivity contribution in [1.82, 2.24) is 15.0 Å². The molecule has 1 aliphatic heterocycles. The molecule has 0 radical (unpaired) electrons. The molecule has 0 bridgehead atoms. The molecule has 1 aliphatic rings. The van der Waals surface area contributed by atoms with E-state index in [2.05, 4.69) is 41.3 Å². The molecule has 1 saturated heterocycles. The minimum absolute atomic E-state index is 0.117. The summed E-state index contributed by atoms with van der Waals surface area (Å²) in [5.41, 5.74) is 3.15. The van der Waals surface area contributed by atoms with Gasteiger partial charge in [0.2, 0.25) is 17.6 Å². The number of hydrogen-bond donors (Lipinski definition) is 0. The third kappa shape index (κ3) is 3.76. The zero-order chi connectivity index (χ0) is 19.5. The van der Waals surface area contributed by atoms with Gasteiger partial charge in [0.15, 0.2) is 0 Å². The quantitative estimate of drug-likeness (QED) is 0.640. The minimum atomic E-state index is -0.183. The van der Waals surface area contributed by atoms with Crippen LogP contribution in [-0.4, -0.2) is 27.6 Å². The van der Waals surface area contributed by atoms with Gasteiger partial charge in [0.05, 0.1) is 6.61 Å². The van der Waals surface area contributed by atoms with Gasteiger partial charge in [0, 0.05) is 18.5 Å². The van der Waals surface area contributed by atoms with Gasteiger partial charge >= 0.3 is 0 Å². The van der Waals surface area contributed by atoms with Gasteiger partial charge in [0.25, 0.3) is 0 Å². The van der Waals surface area contributed by atoms with Crippen LogP contribution < -0.4 is 4.74 Å². The lowest BCUT2D eigenvalue weighted by atomic mass is 10.1. The molecule has 1 unspecified atom stereocenters. The molecule has 2 aromatic carbocycles. The van der Waals surface area contributed by atoms with Crippen molar-refractivity contribution in [1.29, 1.82) is 0 Å². The highest BCUT2D eigenvalue weighted by Crippen LogP contribution is 2.34. The highest BCUT2D eigenvalue weighted by molar-refractivity contribution is 5.78. The number of nitrogens with zero attached hydrogens (tertiary/aromatic N) is 3. The molecule has 0 aliphatic carbocycles. The van der Waals surface area contributed by atoms with E-state index in [1.807, 2.05) is 36.1 Å². The maximum Gasteiger partial charge on any atom is 0.249 e. The lowest BCUT2D eigenvalue weighted by molar-refractivity contribution is -0.129. The highest BCUT2D eigenvalue weighted by Gasteiger charge is 2.36. The molecule has 0 N–H and O–H groups in total. The van der Waals surface area contributed by atoms with Crippen molar-refractivity contribution in [3.63, 3.8) is 0 Å². The Morgan fingerprint density at radius 3 is 2.61 bits per heavy atom. The lowest BCUT2D eigenvalue weighted by Crippen LogP contribution is -2.27. The molecule has 1 amide bonds. The van der Waals surface area contributed by atoms with Gasteiger partial charge in [-0.3, -0.25) is 4.79 Å². The maximum absolute atomic E-state index is 12.4. The van der Waals surface area contributed by atoms with Crippen LogP contribution in [-0.2, 0) is 11.3 Å². The van der Waals surface area contributed by atoms with E-state index in [1.165, 1.54) is 5.56 Å². The molecule has 1 atom stereocenters. The number of carbonyl (C=O) groups excluding carboxylic acids is 1. The van der Waals surface area contributed by atoms with E-state index in [1.54, 1.807) is 0 Å². The van der Waals surface area contributed by atoms with E-state index in [4.69, 9.17) is 9.26 Å². The Balaban J connectivity index is 1.53. The van der Waals surface area contributed by atoms with Crippen molar-refractivity contribution in [2.75, 3.05) is 6.61 Å². The fraction of sp³-hybridized carbons (Fsp3) is 0.318. The lowest BCUT2D eigenvalue weighted by Gasteiger charge is -2.22. The van der Waals surface area contributed by atoms with E-state index < -0.39 is 0 Å². The normalized spacial score (nSPS) is 16.6. The Hall–Kier alpha value is -3.15. The van der Waals surface area contributed by atoms with Crippen LogP contribution in [0.1, 0.15) is 42.8 Å². The summed E-state index contributed by atoms with van der Waals surface area (Å²) in [5, 5.41) is 4.12. The Morgan fingerprint density at radius 2 is 1.89 bits per heavy atom. The summed E-state index contributed by atoms with van der Waals surface area (Å²) in [6, 6.07) is 15.6. The maximum atomic E-state index is 12.4. The molecule has 0 spiro atoms. The van der Waals surface area contributed by atoms with Gasteiger partial charge in [-0.15, -0.1) is 0 Å². The van der Waals surface area contributed by atoms with E-state index in [9.17, 15) is 4.79 Å². The van der Waals surface area contributed by atoms with Crippen molar-refractivity contribution < 1.29 is 14.1 Å². The Labute approximate surface area is 164 Å². The standard InChI is InChI=1S/C22H23N3O3/c1-3-27-18-10-8-17(9-11-18)21-23-22(28-24-21)19-12-13-20(26)25(19)14-16-6-4-15(2)5-7-16/h4-11,19H,3,12-14H2,1-2H3. The predicted octanol–water partition coefficient (Wildman–Crippen LogP) is 4.31. The molecule has 0 saturated carbocycles. The first-order chi connectivity index (χ1) is 13.6. The van der Waals surface area contributed by atoms with E-state index in [0.717, 1.165) is 16.9 Å². The number of aromatic nitrogens is 2. The van der Waals surface area contributed by atoms with Crippen molar-refractivity contribution >= 4 is 5.91 Å². The van der Waals surface area contributed by atoms with Gasteiger partial charge in [-0.2, -0.15) is 4.98 Å². The average Bonchev–Trinajstić information content (AvgIpc) is 3.32. The van der Waals surface area contributed by atoms with Crippen LogP contribution in [0.2, 0.25) is 0 Å². The number of amides is 1. The molecule has 144 valence electrons. The molecule has 28 heavy (non-hydrogen) atoms.